The zero-order valence-corrected chi connectivity index (χ0v) is 8.07. The van der Waals surface area contributed by atoms with E-state index in [-0.39, 0.29) is 29.6 Å². The minimum Gasteiger partial charge on any atom is -0.696 e. The minimum absolute atomic E-state index is 0. The molecule has 0 aromatic carbocycles. The number of nitrogens with zero attached hydrogens (tertiary/aromatic N) is 1. The molecule has 9 heavy (non-hydrogen) atoms. The summed E-state index contributed by atoms with van der Waals surface area (Å²) in [6, 6.07) is 0. The fraction of sp³-hybridized carbons (Fsp3) is 0.333. The second-order valence-electron chi connectivity index (χ2n) is 0.614. The third kappa shape index (κ3) is 72.8. The molecule has 0 atom stereocenters. The number of hydrogen-bond donors (Lipinski definition) is 1. The maximum Gasteiger partial charge on any atom is 1.00 e. The van der Waals surface area contributed by atoms with Gasteiger partial charge in [-0.05, 0) is 0 Å². The molecule has 6 heteroatoms. The molecule has 0 rings (SSSR count). The van der Waals surface area contributed by atoms with Crippen molar-refractivity contribution < 1.29 is 39.1 Å². The van der Waals surface area contributed by atoms with Gasteiger partial charge in [0.2, 0.25) is 0 Å². The molecule has 0 saturated heterocycles. The molecule has 0 aliphatic carbocycles. The van der Waals surface area contributed by atoms with E-state index in [9.17, 15) is 4.79 Å². The summed E-state index contributed by atoms with van der Waals surface area (Å²) in [5.74, 6) is 0. The van der Waals surface area contributed by atoms with Crippen LogP contribution in [0.15, 0.2) is 0 Å². The Morgan fingerprint density at radius 2 is 2.00 bits per heavy atom. The smallest absolute Gasteiger partial charge is 0.696 e. The minimum atomic E-state index is -0.745. The van der Waals surface area contributed by atoms with Crippen LogP contribution in [0.4, 0.5) is 4.79 Å². The Morgan fingerprint density at radius 1 is 1.89 bits per heavy atom. The van der Waals surface area contributed by atoms with E-state index in [4.69, 9.17) is 5.26 Å². The molecule has 0 heterocycles. The van der Waals surface area contributed by atoms with E-state index >= 15 is 0 Å². The molecule has 0 aromatic rings. The van der Waals surface area contributed by atoms with E-state index in [0.717, 1.165) is 0 Å². The van der Waals surface area contributed by atoms with Crippen LogP contribution in [0.5, 0.6) is 0 Å². The Kier molecular flexibility index (Phi) is 27.9. The van der Waals surface area contributed by atoms with E-state index in [1.165, 1.54) is 12.5 Å². The summed E-state index contributed by atoms with van der Waals surface area (Å²) < 4.78 is 3.89. The van der Waals surface area contributed by atoms with E-state index < -0.39 is 6.09 Å². The van der Waals surface area contributed by atoms with Crippen molar-refractivity contribution in [1.82, 2.24) is 0 Å². The molecular formula is C3H5N2NaO2S. The number of ether oxygens (including phenoxy) is 1. The molecule has 0 bridgehead atoms. The SMILES string of the molecule is COC(N)=O.N#C[S-].[Na+]. The van der Waals surface area contributed by atoms with Crippen LogP contribution in [0.1, 0.15) is 0 Å². The van der Waals surface area contributed by atoms with Gasteiger partial charge in [0.25, 0.3) is 0 Å². The molecule has 2 N–H and O–H groups in total. The summed E-state index contributed by atoms with van der Waals surface area (Å²) in [7, 11) is 1.22. The number of amides is 1. The van der Waals surface area contributed by atoms with Crippen molar-refractivity contribution in [2.45, 2.75) is 0 Å². The molecular weight excluding hydrogens is 151 g/mol. The van der Waals surface area contributed by atoms with Gasteiger partial charge in [-0.15, -0.1) is 0 Å². The van der Waals surface area contributed by atoms with Crippen molar-refractivity contribution in [1.29, 1.82) is 5.26 Å². The Morgan fingerprint density at radius 3 is 2.00 bits per heavy atom. The van der Waals surface area contributed by atoms with Gasteiger partial charge in [-0.3, -0.25) is 0 Å². The fourth-order valence-electron chi connectivity index (χ4n) is 0. The summed E-state index contributed by atoms with van der Waals surface area (Å²) in [6.45, 7) is 0. The number of carbonyl (C=O) groups excluding carboxylic acids is 1. The Balaban J connectivity index is -0.0000000800. The van der Waals surface area contributed by atoms with Gasteiger partial charge >= 0.3 is 35.7 Å². The fourth-order valence-corrected chi connectivity index (χ4v) is 0. The molecule has 1 amide bonds. The van der Waals surface area contributed by atoms with Crippen molar-refractivity contribution >= 4 is 18.7 Å². The standard InChI is InChI=1S/C2H5NO2.CHNS.Na/c1-5-2(3)4;2-1-3;/h1H3,(H2,3,4);3H;/q;;+1/p-1. The first-order valence-corrected chi connectivity index (χ1v) is 1.94. The van der Waals surface area contributed by atoms with Crippen LogP contribution in [0.2, 0.25) is 0 Å². The van der Waals surface area contributed by atoms with Crippen LogP contribution in [-0.2, 0) is 17.4 Å². The molecule has 0 aromatic heterocycles. The van der Waals surface area contributed by atoms with E-state index in [1.54, 1.807) is 0 Å². The van der Waals surface area contributed by atoms with E-state index in [1.807, 2.05) is 0 Å². The predicted molar refractivity (Wildman–Crippen MR) is 29.6 cm³/mol. The van der Waals surface area contributed by atoms with Crippen LogP contribution in [-0.4, -0.2) is 13.2 Å². The van der Waals surface area contributed by atoms with Crippen LogP contribution < -0.4 is 35.3 Å². The number of hydrogen-bond acceptors (Lipinski definition) is 4. The second-order valence-corrected chi connectivity index (χ2v) is 0.797. The normalized spacial score (nSPS) is 4.44. The average Bonchev–Trinajstić information content (AvgIpc) is 1.69. The second kappa shape index (κ2) is 15.7. The van der Waals surface area contributed by atoms with Crippen molar-refractivity contribution in [2.75, 3.05) is 7.11 Å². The summed E-state index contributed by atoms with van der Waals surface area (Å²) in [5, 5.41) is 8.47. The van der Waals surface area contributed by atoms with Crippen molar-refractivity contribution in [3.8, 4) is 5.40 Å². The van der Waals surface area contributed by atoms with Gasteiger partial charge < -0.3 is 23.1 Å². The zero-order chi connectivity index (χ0) is 6.99. The number of carbonyl (C=O) groups is 1. The first-order valence-electron chi connectivity index (χ1n) is 1.53. The molecule has 0 aliphatic heterocycles. The number of primary amides is 1. The van der Waals surface area contributed by atoms with Crippen LogP contribution in [0, 0.1) is 10.7 Å². The topological polar surface area (TPSA) is 76.1 Å². The van der Waals surface area contributed by atoms with Gasteiger partial charge in [-0.25, -0.2) is 10.1 Å². The van der Waals surface area contributed by atoms with E-state index in [2.05, 4.69) is 23.1 Å². The van der Waals surface area contributed by atoms with Crippen molar-refractivity contribution in [3.05, 3.63) is 0 Å². The Hall–Kier alpha value is -0.0200. The van der Waals surface area contributed by atoms with Gasteiger partial charge in [0.15, 0.2) is 0 Å². The summed E-state index contributed by atoms with van der Waals surface area (Å²) >= 11 is 3.70. The van der Waals surface area contributed by atoms with Crippen molar-refractivity contribution in [2.24, 2.45) is 5.73 Å². The number of nitriles is 1. The predicted octanol–water partition coefficient (Wildman–Crippen LogP) is -3.27. The number of nitrogens with two attached hydrogens (primary N) is 1. The summed E-state index contributed by atoms with van der Waals surface area (Å²) in [6.07, 6.45) is -0.745. The van der Waals surface area contributed by atoms with Gasteiger partial charge in [0, 0.05) is 0 Å². The monoisotopic (exact) mass is 156 g/mol. The van der Waals surface area contributed by atoms with Crippen LogP contribution in [0.25, 0.3) is 0 Å². The molecule has 0 fully saturated rings. The summed E-state index contributed by atoms with van der Waals surface area (Å²) in [4.78, 5) is 9.37. The third-order valence-corrected chi connectivity index (χ3v) is 0.201. The molecule has 0 radical (unpaired) electrons. The maximum atomic E-state index is 9.37. The maximum absolute atomic E-state index is 9.37. The largest absolute Gasteiger partial charge is 1.00 e. The molecule has 4 nitrogen and oxygen atoms in total. The van der Waals surface area contributed by atoms with Crippen LogP contribution in [0.3, 0.4) is 0 Å². The average molecular weight is 156 g/mol. The molecule has 0 aliphatic rings. The quantitative estimate of drug-likeness (QED) is 0.227. The molecule has 46 valence electrons. The molecule has 0 unspecified atom stereocenters. The Bertz CT molecular complexity index is 102. The summed E-state index contributed by atoms with van der Waals surface area (Å²) in [5.41, 5.74) is 4.43. The van der Waals surface area contributed by atoms with Gasteiger partial charge in [-0.1, -0.05) is 5.40 Å². The van der Waals surface area contributed by atoms with Crippen molar-refractivity contribution in [3.63, 3.8) is 0 Å². The number of thiocyanates is 1. The van der Waals surface area contributed by atoms with Gasteiger partial charge in [-0.2, -0.15) is 0 Å². The van der Waals surface area contributed by atoms with Gasteiger partial charge in [0.1, 0.15) is 0 Å². The third-order valence-electron chi connectivity index (χ3n) is 0.201. The first-order chi connectivity index (χ1) is 3.68. The number of rotatable bonds is 0. The van der Waals surface area contributed by atoms with Crippen LogP contribution >= 0.6 is 0 Å². The molecule has 0 spiro atoms. The Labute approximate surface area is 81.1 Å². The first kappa shape index (κ1) is 16.0. The number of methoxy groups -OCH3 is 1. The molecule has 0 saturated carbocycles. The zero-order valence-electron chi connectivity index (χ0n) is 5.25. The van der Waals surface area contributed by atoms with Gasteiger partial charge in [0.05, 0.1) is 7.11 Å². The van der Waals surface area contributed by atoms with E-state index in [0.29, 0.717) is 0 Å².